The second kappa shape index (κ2) is 9.03. The number of hydrogen-bond donors (Lipinski definition) is 1. The number of Topliss-reactive ketones (excluding diaryl/α,β-unsaturated/α-hetero) is 1. The standard InChI is InChI=1S/C20H19ClN4O2S/c1-25(2)16-9-3-13(4-10-16)12-22-24-20-23-19(27)18(28-20)11-17(26)14-5-7-15(21)8-6-14/h3-10,12,18H,11H2,1-2H3,(H,23,24,27)/b22-12+. The molecule has 0 aliphatic carbocycles. The molecule has 1 saturated heterocycles. The molecule has 0 radical (unpaired) electrons. The van der Waals surface area contributed by atoms with Gasteiger partial charge in [-0.3, -0.25) is 9.59 Å². The van der Waals surface area contributed by atoms with Gasteiger partial charge in [0.25, 0.3) is 0 Å². The van der Waals surface area contributed by atoms with Gasteiger partial charge in [-0.1, -0.05) is 35.5 Å². The minimum atomic E-state index is -0.517. The number of amides is 1. The summed E-state index contributed by atoms with van der Waals surface area (Å²) < 4.78 is 0. The molecule has 1 amide bonds. The van der Waals surface area contributed by atoms with E-state index in [9.17, 15) is 9.59 Å². The van der Waals surface area contributed by atoms with Gasteiger partial charge in [0.15, 0.2) is 11.0 Å². The monoisotopic (exact) mass is 414 g/mol. The first-order valence-corrected chi connectivity index (χ1v) is 9.83. The van der Waals surface area contributed by atoms with Crippen molar-refractivity contribution in [2.45, 2.75) is 11.7 Å². The summed E-state index contributed by atoms with van der Waals surface area (Å²) in [5.74, 6) is -0.355. The summed E-state index contributed by atoms with van der Waals surface area (Å²) in [5, 5.41) is 11.2. The Morgan fingerprint density at radius 2 is 1.86 bits per heavy atom. The molecule has 0 aromatic heterocycles. The lowest BCUT2D eigenvalue weighted by Crippen LogP contribution is -2.26. The van der Waals surface area contributed by atoms with Crippen molar-refractivity contribution < 1.29 is 9.59 Å². The molecule has 1 unspecified atom stereocenters. The van der Waals surface area contributed by atoms with Crippen LogP contribution in [0, 0.1) is 0 Å². The number of carbonyl (C=O) groups excluding carboxylic acids is 2. The first kappa shape index (κ1) is 20.1. The van der Waals surface area contributed by atoms with E-state index in [0.29, 0.717) is 15.8 Å². The van der Waals surface area contributed by atoms with Gasteiger partial charge in [0.1, 0.15) is 0 Å². The molecule has 0 bridgehead atoms. The van der Waals surface area contributed by atoms with Crippen LogP contribution in [0.2, 0.25) is 5.02 Å². The molecular weight excluding hydrogens is 396 g/mol. The van der Waals surface area contributed by atoms with Crippen LogP contribution >= 0.6 is 23.4 Å². The molecule has 1 atom stereocenters. The average Bonchev–Trinajstić information content (AvgIpc) is 3.02. The number of hydrogen-bond acceptors (Lipinski definition) is 6. The Hall–Kier alpha value is -2.64. The van der Waals surface area contributed by atoms with Crippen molar-refractivity contribution in [2.24, 2.45) is 10.2 Å². The molecule has 1 heterocycles. The molecule has 144 valence electrons. The second-order valence-corrected chi connectivity index (χ2v) is 7.99. The zero-order chi connectivity index (χ0) is 20.1. The molecule has 6 nitrogen and oxygen atoms in total. The van der Waals surface area contributed by atoms with Crippen molar-refractivity contribution in [3.8, 4) is 0 Å². The lowest BCUT2D eigenvalue weighted by molar-refractivity contribution is -0.118. The van der Waals surface area contributed by atoms with Gasteiger partial charge in [-0.2, -0.15) is 5.10 Å². The molecule has 2 aromatic rings. The molecule has 0 saturated carbocycles. The Labute approximate surface area is 172 Å². The van der Waals surface area contributed by atoms with Gasteiger partial charge in [0, 0.05) is 36.8 Å². The number of ketones is 1. The normalized spacial score (nSPS) is 17.9. The van der Waals surface area contributed by atoms with E-state index in [2.05, 4.69) is 15.5 Å². The number of amidine groups is 1. The van der Waals surface area contributed by atoms with Gasteiger partial charge < -0.3 is 10.2 Å². The van der Waals surface area contributed by atoms with Crippen molar-refractivity contribution in [3.63, 3.8) is 0 Å². The third-order valence-corrected chi connectivity index (χ3v) is 5.40. The fourth-order valence-electron chi connectivity index (χ4n) is 2.52. The van der Waals surface area contributed by atoms with Gasteiger partial charge in [0.05, 0.1) is 11.5 Å². The number of nitrogens with zero attached hydrogens (tertiary/aromatic N) is 3. The molecule has 28 heavy (non-hydrogen) atoms. The molecule has 1 aliphatic heterocycles. The molecule has 2 aromatic carbocycles. The molecule has 0 spiro atoms. The van der Waals surface area contributed by atoms with E-state index in [0.717, 1.165) is 11.3 Å². The molecule has 8 heteroatoms. The van der Waals surface area contributed by atoms with Gasteiger partial charge in [-0.25, -0.2) is 0 Å². The maximum Gasteiger partial charge on any atom is 0.240 e. The Morgan fingerprint density at radius 3 is 2.50 bits per heavy atom. The summed E-state index contributed by atoms with van der Waals surface area (Å²) >= 11 is 7.04. The van der Waals surface area contributed by atoms with Crippen molar-refractivity contribution in [1.82, 2.24) is 5.32 Å². The highest BCUT2D eigenvalue weighted by Gasteiger charge is 2.32. The Kier molecular flexibility index (Phi) is 6.49. The molecular formula is C20H19ClN4O2S. The van der Waals surface area contributed by atoms with E-state index in [-0.39, 0.29) is 18.1 Å². The van der Waals surface area contributed by atoms with E-state index >= 15 is 0 Å². The number of benzene rings is 2. The second-order valence-electron chi connectivity index (χ2n) is 6.37. The smallest absolute Gasteiger partial charge is 0.240 e. The summed E-state index contributed by atoms with van der Waals surface area (Å²) in [6, 6.07) is 14.5. The highest BCUT2D eigenvalue weighted by molar-refractivity contribution is 8.15. The van der Waals surface area contributed by atoms with E-state index in [1.807, 2.05) is 43.3 Å². The highest BCUT2D eigenvalue weighted by atomic mass is 35.5. The van der Waals surface area contributed by atoms with Gasteiger partial charge in [-0.15, -0.1) is 5.10 Å². The highest BCUT2D eigenvalue weighted by Crippen LogP contribution is 2.24. The molecule has 1 N–H and O–H groups in total. The summed E-state index contributed by atoms with van der Waals surface area (Å²) in [7, 11) is 3.95. The number of thioether (sulfide) groups is 1. The third kappa shape index (κ3) is 5.21. The summed E-state index contributed by atoms with van der Waals surface area (Å²) in [4.78, 5) is 26.4. The number of halogens is 1. The number of nitrogens with one attached hydrogen (secondary N) is 1. The zero-order valence-electron chi connectivity index (χ0n) is 15.4. The molecule has 1 fully saturated rings. The van der Waals surface area contributed by atoms with E-state index < -0.39 is 5.25 Å². The molecule has 1 aliphatic rings. The quantitative estimate of drug-likeness (QED) is 0.445. The SMILES string of the molecule is CN(C)c1ccc(/C=N/N=C2\NC(=O)C(CC(=O)c3ccc(Cl)cc3)S2)cc1. The van der Waals surface area contributed by atoms with Crippen molar-refractivity contribution in [3.05, 3.63) is 64.7 Å². The fourth-order valence-corrected chi connectivity index (χ4v) is 3.57. The van der Waals surface area contributed by atoms with E-state index in [1.165, 1.54) is 11.8 Å². The lowest BCUT2D eigenvalue weighted by atomic mass is 10.1. The number of carbonyl (C=O) groups is 2. The first-order valence-electron chi connectivity index (χ1n) is 8.57. The fraction of sp³-hybridized carbons (Fsp3) is 0.200. The topological polar surface area (TPSA) is 74.1 Å². The minimum Gasteiger partial charge on any atom is -0.378 e. The van der Waals surface area contributed by atoms with Gasteiger partial charge >= 0.3 is 0 Å². The Bertz CT molecular complexity index is 924. The van der Waals surface area contributed by atoms with Crippen LogP contribution in [0.5, 0.6) is 0 Å². The summed E-state index contributed by atoms with van der Waals surface area (Å²) in [5.41, 5.74) is 2.52. The van der Waals surface area contributed by atoms with Crippen molar-refractivity contribution in [2.75, 3.05) is 19.0 Å². The lowest BCUT2D eigenvalue weighted by Gasteiger charge is -2.11. The third-order valence-electron chi connectivity index (χ3n) is 4.08. The predicted molar refractivity (Wildman–Crippen MR) is 116 cm³/mol. The Balaban J connectivity index is 1.58. The zero-order valence-corrected chi connectivity index (χ0v) is 17.0. The van der Waals surface area contributed by atoms with Crippen molar-refractivity contribution >= 4 is 52.1 Å². The maximum atomic E-state index is 12.3. The van der Waals surface area contributed by atoms with Gasteiger partial charge in [-0.05, 0) is 42.0 Å². The number of anilines is 1. The van der Waals surface area contributed by atoms with Crippen LogP contribution in [0.1, 0.15) is 22.3 Å². The summed E-state index contributed by atoms with van der Waals surface area (Å²) in [6.07, 6.45) is 1.71. The van der Waals surface area contributed by atoms with Crippen molar-refractivity contribution in [1.29, 1.82) is 0 Å². The molecule has 3 rings (SSSR count). The van der Waals surface area contributed by atoms with Crippen LogP contribution in [-0.4, -0.2) is 42.4 Å². The minimum absolute atomic E-state index is 0.0901. The Morgan fingerprint density at radius 1 is 1.18 bits per heavy atom. The first-order chi connectivity index (χ1) is 13.4. The van der Waals surface area contributed by atoms with Crippen LogP contribution in [0.25, 0.3) is 0 Å². The van der Waals surface area contributed by atoms with Crippen LogP contribution < -0.4 is 10.2 Å². The number of rotatable bonds is 6. The van der Waals surface area contributed by atoms with E-state index in [4.69, 9.17) is 11.6 Å². The van der Waals surface area contributed by atoms with Gasteiger partial charge in [0.2, 0.25) is 5.91 Å². The van der Waals surface area contributed by atoms with Crippen LogP contribution in [0.4, 0.5) is 5.69 Å². The van der Waals surface area contributed by atoms with Crippen LogP contribution in [-0.2, 0) is 4.79 Å². The summed E-state index contributed by atoms with van der Waals surface area (Å²) in [6.45, 7) is 0. The van der Waals surface area contributed by atoms with Crippen LogP contribution in [0.15, 0.2) is 58.7 Å². The maximum absolute atomic E-state index is 12.3. The van der Waals surface area contributed by atoms with E-state index in [1.54, 1.807) is 30.5 Å². The largest absolute Gasteiger partial charge is 0.378 e. The predicted octanol–water partition coefficient (Wildman–Crippen LogP) is 3.60. The average molecular weight is 415 g/mol. The van der Waals surface area contributed by atoms with Crippen LogP contribution in [0.3, 0.4) is 0 Å².